The molecular formula is C19H15Cl4Fe. The predicted molar refractivity (Wildman–Crippen MR) is 103 cm³/mol. The van der Waals surface area contributed by atoms with Crippen LogP contribution >= 0.6 is 41.9 Å². The molecule has 3 rings (SSSR count). The van der Waals surface area contributed by atoms with E-state index < -0.39 is 16.0 Å². The quantitative estimate of drug-likeness (QED) is 0.228. The fourth-order valence-electron chi connectivity index (χ4n) is 2.50. The first-order valence-corrected chi connectivity index (χ1v) is 12.0. The Morgan fingerprint density at radius 1 is 0.500 bits per heavy atom. The van der Waals surface area contributed by atoms with Gasteiger partial charge in [0.1, 0.15) is 4.87 Å². The van der Waals surface area contributed by atoms with Crippen molar-refractivity contribution in [3.63, 3.8) is 0 Å². The first-order chi connectivity index (χ1) is 11.5. The van der Waals surface area contributed by atoms with Crippen molar-refractivity contribution in [3.05, 3.63) is 108 Å². The topological polar surface area (TPSA) is 0 Å². The molecule has 0 nitrogen and oxygen atoms in total. The van der Waals surface area contributed by atoms with E-state index in [1.165, 1.54) is 0 Å². The summed E-state index contributed by atoms with van der Waals surface area (Å²) in [5.74, 6) is 0. The zero-order chi connectivity index (χ0) is 17.4. The third-order valence-electron chi connectivity index (χ3n) is 3.51. The summed E-state index contributed by atoms with van der Waals surface area (Å²) in [6, 6.07) is 30.6. The summed E-state index contributed by atoms with van der Waals surface area (Å²) in [4.78, 5) is -0.649. The van der Waals surface area contributed by atoms with Gasteiger partial charge in [-0.15, -0.1) is 11.6 Å². The van der Waals surface area contributed by atoms with Gasteiger partial charge in [-0.1, -0.05) is 91.0 Å². The van der Waals surface area contributed by atoms with Crippen LogP contribution < -0.4 is 0 Å². The van der Waals surface area contributed by atoms with E-state index in [0.29, 0.717) is 0 Å². The van der Waals surface area contributed by atoms with Gasteiger partial charge < -0.3 is 0 Å². The van der Waals surface area contributed by atoms with Crippen LogP contribution in [0, 0.1) is 0 Å². The van der Waals surface area contributed by atoms with Crippen molar-refractivity contribution in [1.29, 1.82) is 0 Å². The van der Waals surface area contributed by atoms with Crippen molar-refractivity contribution in [2.45, 2.75) is 4.87 Å². The molecule has 0 radical (unpaired) electrons. The summed E-state index contributed by atoms with van der Waals surface area (Å²) in [5.41, 5.74) is 3.25. The van der Waals surface area contributed by atoms with Crippen molar-refractivity contribution in [1.82, 2.24) is 0 Å². The Bertz CT molecular complexity index is 619. The fourth-order valence-corrected chi connectivity index (χ4v) is 2.88. The van der Waals surface area contributed by atoms with E-state index in [-0.39, 0.29) is 0 Å². The number of hydrogen-bond donors (Lipinski definition) is 0. The van der Waals surface area contributed by atoms with E-state index in [9.17, 15) is 0 Å². The summed E-state index contributed by atoms with van der Waals surface area (Å²) in [7, 11) is 14.7. The number of benzene rings is 3. The van der Waals surface area contributed by atoms with E-state index in [2.05, 4.69) is 36.4 Å². The average molecular weight is 441 g/mol. The van der Waals surface area contributed by atoms with Crippen molar-refractivity contribution < 1.29 is 11.2 Å². The molecule has 0 bridgehead atoms. The van der Waals surface area contributed by atoms with Crippen LogP contribution in [0.1, 0.15) is 16.7 Å². The Morgan fingerprint density at radius 3 is 0.917 bits per heavy atom. The standard InChI is InChI=1S/C19H15Cl.3ClH.Fe/c20-19(16-10-4-1-5-11-16,17-12-6-2-7-13-17)18-14-8-3-9-15-18;;;;/h1-15H;3*1H;/q;;;;+3/p-3. The summed E-state index contributed by atoms with van der Waals surface area (Å²) >= 11 is 5.78. The molecule has 24 heavy (non-hydrogen) atoms. The first kappa shape index (κ1) is 19.7. The molecule has 3 aromatic rings. The van der Waals surface area contributed by atoms with Crippen LogP contribution in [0.4, 0.5) is 0 Å². The molecule has 0 N–H and O–H groups in total. The van der Waals surface area contributed by atoms with Crippen LogP contribution in [0.15, 0.2) is 91.0 Å². The molecule has 127 valence electrons. The second-order valence-corrected chi connectivity index (χ2v) is 10.9. The zero-order valence-corrected chi connectivity index (χ0v) is 16.7. The first-order valence-electron chi connectivity index (χ1n) is 7.07. The Morgan fingerprint density at radius 2 is 0.708 bits per heavy atom. The molecule has 0 spiro atoms. The summed E-state index contributed by atoms with van der Waals surface area (Å²) in [6.07, 6.45) is 0. The van der Waals surface area contributed by atoms with E-state index in [1.807, 2.05) is 54.6 Å². The van der Waals surface area contributed by atoms with Gasteiger partial charge in [0, 0.05) is 0 Å². The van der Waals surface area contributed by atoms with E-state index in [4.69, 9.17) is 41.9 Å². The zero-order valence-electron chi connectivity index (χ0n) is 12.5. The minimum absolute atomic E-state index is 0.649. The Balaban J connectivity index is 0.000000471. The van der Waals surface area contributed by atoms with Gasteiger partial charge in [0.25, 0.3) is 0 Å². The van der Waals surface area contributed by atoms with Crippen LogP contribution in [0.3, 0.4) is 0 Å². The Hall–Kier alpha value is -0.661. The minimum atomic E-state index is -1.33. The third kappa shape index (κ3) is 5.17. The summed E-state index contributed by atoms with van der Waals surface area (Å²) in [5, 5.41) is 0. The average Bonchev–Trinajstić information content (AvgIpc) is 2.63. The van der Waals surface area contributed by atoms with Crippen LogP contribution in [-0.4, -0.2) is 0 Å². The third-order valence-corrected chi connectivity index (χ3v) is 4.17. The van der Waals surface area contributed by atoms with Crippen molar-refractivity contribution in [2.75, 3.05) is 0 Å². The maximum atomic E-state index is 7.12. The van der Waals surface area contributed by atoms with E-state index in [1.54, 1.807) is 0 Å². The molecule has 3 aromatic carbocycles. The van der Waals surface area contributed by atoms with Gasteiger partial charge >= 0.3 is 41.5 Å². The Labute approximate surface area is 164 Å². The molecule has 0 heterocycles. The molecule has 0 aliphatic rings. The molecule has 5 heteroatoms. The SMILES string of the molecule is ClC(c1ccccc1)(c1ccccc1)c1ccccc1.[Cl][Fe]([Cl])[Cl]. The Kier molecular flexibility index (Phi) is 7.97. The van der Waals surface area contributed by atoms with Crippen LogP contribution in [0.5, 0.6) is 0 Å². The molecule has 0 saturated carbocycles. The van der Waals surface area contributed by atoms with Gasteiger partial charge in [-0.05, 0) is 16.7 Å². The van der Waals surface area contributed by atoms with Gasteiger partial charge in [0.15, 0.2) is 0 Å². The molecule has 0 aromatic heterocycles. The van der Waals surface area contributed by atoms with Crippen LogP contribution in [0.2, 0.25) is 0 Å². The maximum absolute atomic E-state index is 7.12. The second-order valence-electron chi connectivity index (χ2n) is 4.91. The summed E-state index contributed by atoms with van der Waals surface area (Å²) in [6.45, 7) is 0. The van der Waals surface area contributed by atoms with Crippen LogP contribution in [-0.2, 0) is 16.0 Å². The van der Waals surface area contributed by atoms with Crippen molar-refractivity contribution >= 4 is 41.9 Å². The molecular weight excluding hydrogens is 426 g/mol. The van der Waals surface area contributed by atoms with Gasteiger partial charge in [-0.25, -0.2) is 0 Å². The molecule has 0 saturated heterocycles. The number of alkyl halides is 1. The summed E-state index contributed by atoms with van der Waals surface area (Å²) < 4.78 is 0. The second kappa shape index (κ2) is 9.73. The molecule has 0 atom stereocenters. The van der Waals surface area contributed by atoms with Crippen molar-refractivity contribution in [3.8, 4) is 0 Å². The molecule has 0 aliphatic heterocycles. The normalized spacial score (nSPS) is 11.2. The van der Waals surface area contributed by atoms with E-state index >= 15 is 0 Å². The van der Waals surface area contributed by atoms with Crippen LogP contribution in [0.25, 0.3) is 0 Å². The number of hydrogen-bond acceptors (Lipinski definition) is 0. The van der Waals surface area contributed by atoms with Gasteiger partial charge in [0.05, 0.1) is 0 Å². The molecule has 0 aliphatic carbocycles. The molecule has 0 fully saturated rings. The van der Waals surface area contributed by atoms with Gasteiger partial charge in [-0.2, -0.15) is 0 Å². The van der Waals surface area contributed by atoms with E-state index in [0.717, 1.165) is 16.7 Å². The number of halogens is 4. The fraction of sp³-hybridized carbons (Fsp3) is 0.0526. The molecule has 0 unspecified atom stereocenters. The monoisotopic (exact) mass is 439 g/mol. The predicted octanol–water partition coefficient (Wildman–Crippen LogP) is 7.28. The number of rotatable bonds is 3. The molecule has 0 amide bonds. The van der Waals surface area contributed by atoms with Gasteiger partial charge in [0.2, 0.25) is 0 Å². The van der Waals surface area contributed by atoms with Crippen molar-refractivity contribution in [2.24, 2.45) is 0 Å². The van der Waals surface area contributed by atoms with Gasteiger partial charge in [-0.3, -0.25) is 0 Å².